The number of benzene rings is 3. The van der Waals surface area contributed by atoms with E-state index in [1.165, 1.54) is 0 Å². The molecular formula is C24H22Cl2N2O4. The maximum Gasteiger partial charge on any atom is 0.262 e. The lowest BCUT2D eigenvalue weighted by Gasteiger charge is -2.14. The minimum absolute atomic E-state index is 0.191. The second-order valence-electron chi connectivity index (χ2n) is 7.04. The average molecular weight is 473 g/mol. The Morgan fingerprint density at radius 1 is 0.719 bits per heavy atom. The van der Waals surface area contributed by atoms with Gasteiger partial charge in [0, 0.05) is 10.0 Å². The van der Waals surface area contributed by atoms with Crippen LogP contribution in [0.1, 0.15) is 11.1 Å². The Kier molecular flexibility index (Phi) is 7.98. The number of carbonyl (C=O) groups is 2. The highest BCUT2D eigenvalue weighted by Crippen LogP contribution is 2.24. The molecule has 0 saturated heterocycles. The minimum atomic E-state index is -0.367. The van der Waals surface area contributed by atoms with Gasteiger partial charge in [0.15, 0.2) is 13.2 Å². The van der Waals surface area contributed by atoms with Crippen LogP contribution in [0.2, 0.25) is 10.0 Å². The van der Waals surface area contributed by atoms with Crippen molar-refractivity contribution in [2.75, 3.05) is 23.8 Å². The van der Waals surface area contributed by atoms with E-state index in [1.54, 1.807) is 60.7 Å². The van der Waals surface area contributed by atoms with Gasteiger partial charge in [0.05, 0.1) is 11.4 Å². The molecule has 0 fully saturated rings. The van der Waals surface area contributed by atoms with Crippen molar-refractivity contribution < 1.29 is 19.1 Å². The lowest BCUT2D eigenvalue weighted by Crippen LogP contribution is -2.24. The number of anilines is 2. The molecule has 0 unspecified atom stereocenters. The van der Waals surface area contributed by atoms with E-state index in [4.69, 9.17) is 32.7 Å². The second kappa shape index (κ2) is 10.9. The molecule has 0 aliphatic carbocycles. The predicted molar refractivity (Wildman–Crippen MR) is 127 cm³/mol. The van der Waals surface area contributed by atoms with E-state index in [2.05, 4.69) is 10.6 Å². The van der Waals surface area contributed by atoms with Gasteiger partial charge in [-0.05, 0) is 73.5 Å². The van der Waals surface area contributed by atoms with Crippen LogP contribution in [0.3, 0.4) is 0 Å². The molecule has 0 aliphatic rings. The average Bonchev–Trinajstić information content (AvgIpc) is 2.74. The number of ether oxygens (including phenoxy) is 2. The summed E-state index contributed by atoms with van der Waals surface area (Å²) in [6.07, 6.45) is 0. The number of para-hydroxylation sites is 2. The second-order valence-corrected chi connectivity index (χ2v) is 7.91. The maximum absolute atomic E-state index is 12.4. The Bertz CT molecular complexity index is 1050. The molecule has 8 heteroatoms. The van der Waals surface area contributed by atoms with Crippen LogP contribution >= 0.6 is 23.2 Å². The first-order chi connectivity index (χ1) is 15.3. The number of hydrogen-bond acceptors (Lipinski definition) is 4. The lowest BCUT2D eigenvalue weighted by atomic mass is 10.2. The first-order valence-electron chi connectivity index (χ1n) is 9.78. The first-order valence-corrected chi connectivity index (χ1v) is 10.5. The van der Waals surface area contributed by atoms with Gasteiger partial charge >= 0.3 is 0 Å². The number of carbonyl (C=O) groups excluding carboxylic acids is 2. The number of hydrogen-bond donors (Lipinski definition) is 2. The molecule has 0 heterocycles. The Morgan fingerprint density at radius 3 is 1.50 bits per heavy atom. The fraction of sp³-hybridized carbons (Fsp3) is 0.167. The summed E-state index contributed by atoms with van der Waals surface area (Å²) in [6.45, 7) is 3.31. The monoisotopic (exact) mass is 472 g/mol. The molecule has 0 atom stereocenters. The molecule has 166 valence electrons. The van der Waals surface area contributed by atoms with Crippen molar-refractivity contribution in [2.45, 2.75) is 13.8 Å². The number of aryl methyl sites for hydroxylation is 2. The fourth-order valence-electron chi connectivity index (χ4n) is 2.91. The number of rotatable bonds is 8. The highest BCUT2D eigenvalue weighted by molar-refractivity contribution is 6.31. The summed E-state index contributed by atoms with van der Waals surface area (Å²) in [5.74, 6) is 0.407. The van der Waals surface area contributed by atoms with Gasteiger partial charge in [-0.25, -0.2) is 0 Å². The SMILES string of the molecule is Cc1cc(Cl)ccc1OCC(=O)Nc1ccccc1NC(=O)COc1ccc(Cl)cc1C. The standard InChI is InChI=1S/C24H22Cl2N2O4/c1-15-11-17(25)7-9-21(15)31-13-23(29)27-19-5-3-4-6-20(19)28-24(30)14-32-22-10-8-18(26)12-16(22)2/h3-12H,13-14H2,1-2H3,(H,27,29)(H,28,30). The molecule has 3 rings (SSSR count). The molecule has 3 aromatic carbocycles. The van der Waals surface area contributed by atoms with Gasteiger partial charge in [-0.15, -0.1) is 0 Å². The molecular weight excluding hydrogens is 451 g/mol. The Balaban J connectivity index is 1.56. The topological polar surface area (TPSA) is 76.7 Å². The molecule has 6 nitrogen and oxygen atoms in total. The molecule has 2 N–H and O–H groups in total. The Morgan fingerprint density at radius 2 is 1.12 bits per heavy atom. The van der Waals surface area contributed by atoms with Gasteiger partial charge in [0.2, 0.25) is 0 Å². The highest BCUT2D eigenvalue weighted by Gasteiger charge is 2.12. The van der Waals surface area contributed by atoms with Crippen LogP contribution in [0.4, 0.5) is 11.4 Å². The Hall–Kier alpha value is -3.22. The fourth-order valence-corrected chi connectivity index (χ4v) is 3.36. The van der Waals surface area contributed by atoms with Crippen molar-refractivity contribution in [2.24, 2.45) is 0 Å². The predicted octanol–water partition coefficient (Wildman–Crippen LogP) is 5.65. The van der Waals surface area contributed by atoms with E-state index < -0.39 is 0 Å². The summed E-state index contributed by atoms with van der Waals surface area (Å²) < 4.78 is 11.1. The zero-order valence-electron chi connectivity index (χ0n) is 17.6. The van der Waals surface area contributed by atoms with Crippen LogP contribution in [0, 0.1) is 13.8 Å². The van der Waals surface area contributed by atoms with Gasteiger partial charge in [0.1, 0.15) is 11.5 Å². The summed E-state index contributed by atoms with van der Waals surface area (Å²) >= 11 is 11.9. The molecule has 32 heavy (non-hydrogen) atoms. The van der Waals surface area contributed by atoms with Crippen LogP contribution in [0.25, 0.3) is 0 Å². The third-order valence-corrected chi connectivity index (χ3v) is 4.94. The van der Waals surface area contributed by atoms with E-state index in [-0.39, 0.29) is 25.0 Å². The number of nitrogens with one attached hydrogen (secondary N) is 2. The largest absolute Gasteiger partial charge is 0.483 e. The van der Waals surface area contributed by atoms with Gasteiger partial charge in [-0.1, -0.05) is 35.3 Å². The smallest absolute Gasteiger partial charge is 0.262 e. The third-order valence-electron chi connectivity index (χ3n) is 4.47. The van der Waals surface area contributed by atoms with Gasteiger partial charge in [0.25, 0.3) is 11.8 Å². The summed E-state index contributed by atoms with van der Waals surface area (Å²) in [7, 11) is 0. The zero-order chi connectivity index (χ0) is 23.1. The van der Waals surface area contributed by atoms with E-state index in [0.717, 1.165) is 11.1 Å². The van der Waals surface area contributed by atoms with Crippen molar-refractivity contribution in [1.82, 2.24) is 0 Å². The molecule has 2 amide bonds. The van der Waals surface area contributed by atoms with E-state index in [9.17, 15) is 9.59 Å². The van der Waals surface area contributed by atoms with Crippen molar-refractivity contribution >= 4 is 46.4 Å². The molecule has 0 aromatic heterocycles. The summed E-state index contributed by atoms with van der Waals surface area (Å²) in [5.41, 5.74) is 2.55. The first kappa shape index (κ1) is 23.4. The summed E-state index contributed by atoms with van der Waals surface area (Å²) in [5, 5.41) is 6.68. The van der Waals surface area contributed by atoms with Crippen LogP contribution in [-0.2, 0) is 9.59 Å². The van der Waals surface area contributed by atoms with Crippen molar-refractivity contribution in [1.29, 1.82) is 0 Å². The highest BCUT2D eigenvalue weighted by atomic mass is 35.5. The minimum Gasteiger partial charge on any atom is -0.483 e. The summed E-state index contributed by atoms with van der Waals surface area (Å²) in [6, 6.07) is 17.2. The van der Waals surface area contributed by atoms with Crippen LogP contribution < -0.4 is 20.1 Å². The maximum atomic E-state index is 12.4. The lowest BCUT2D eigenvalue weighted by molar-refractivity contribution is -0.119. The van der Waals surface area contributed by atoms with Crippen molar-refractivity contribution in [3.8, 4) is 11.5 Å². The molecule has 0 saturated carbocycles. The van der Waals surface area contributed by atoms with Gasteiger partial charge < -0.3 is 20.1 Å². The van der Waals surface area contributed by atoms with E-state index in [0.29, 0.717) is 32.9 Å². The van der Waals surface area contributed by atoms with Crippen LogP contribution in [0.15, 0.2) is 60.7 Å². The molecule has 0 radical (unpaired) electrons. The van der Waals surface area contributed by atoms with Gasteiger partial charge in [-0.2, -0.15) is 0 Å². The zero-order valence-corrected chi connectivity index (χ0v) is 19.1. The third kappa shape index (κ3) is 6.64. The van der Waals surface area contributed by atoms with Crippen LogP contribution in [0.5, 0.6) is 11.5 Å². The summed E-state index contributed by atoms with van der Waals surface area (Å²) in [4.78, 5) is 24.7. The Labute approximate surface area is 196 Å². The number of halogens is 2. The van der Waals surface area contributed by atoms with Crippen molar-refractivity contribution in [3.63, 3.8) is 0 Å². The normalized spacial score (nSPS) is 10.4. The molecule has 3 aromatic rings. The van der Waals surface area contributed by atoms with Gasteiger partial charge in [-0.3, -0.25) is 9.59 Å². The van der Waals surface area contributed by atoms with E-state index >= 15 is 0 Å². The van der Waals surface area contributed by atoms with E-state index in [1.807, 2.05) is 13.8 Å². The number of amides is 2. The van der Waals surface area contributed by atoms with Crippen LogP contribution in [-0.4, -0.2) is 25.0 Å². The van der Waals surface area contributed by atoms with Crippen molar-refractivity contribution in [3.05, 3.63) is 81.8 Å². The quantitative estimate of drug-likeness (QED) is 0.444. The molecule has 0 aliphatic heterocycles. The molecule has 0 bridgehead atoms. The molecule has 0 spiro atoms.